The van der Waals surface area contributed by atoms with Crippen molar-refractivity contribution in [3.8, 4) is 5.75 Å². The third-order valence-corrected chi connectivity index (χ3v) is 2.56. The lowest BCUT2D eigenvalue weighted by molar-refractivity contribution is 0.403. The van der Waals surface area contributed by atoms with E-state index in [1.807, 2.05) is 0 Å². The molecule has 6 nitrogen and oxygen atoms in total. The number of carbonyl (C=O) groups excluding carboxylic acids is 1. The molecule has 0 aliphatic rings. The van der Waals surface area contributed by atoms with Crippen molar-refractivity contribution >= 4 is 21.8 Å². The third-order valence-electron chi connectivity index (χ3n) is 1.63. The second-order valence-electron chi connectivity index (χ2n) is 2.58. The Balaban J connectivity index is 3.45. The molecule has 0 saturated carbocycles. The van der Waals surface area contributed by atoms with Crippen molar-refractivity contribution in [2.24, 2.45) is 10.1 Å². The highest BCUT2D eigenvalue weighted by molar-refractivity contribution is 7.89. The molecule has 1 aromatic carbocycles. The molecule has 0 spiro atoms. The molecule has 1 aromatic rings. The van der Waals surface area contributed by atoms with Gasteiger partial charge in [0.1, 0.15) is 10.6 Å². The van der Waals surface area contributed by atoms with Crippen LogP contribution in [0.2, 0.25) is 0 Å². The molecule has 15 heavy (non-hydrogen) atoms. The summed E-state index contributed by atoms with van der Waals surface area (Å²) in [4.78, 5) is 13.0. The number of isocyanates is 1. The molecule has 80 valence electrons. The minimum absolute atomic E-state index is 0.0994. The fourth-order valence-electron chi connectivity index (χ4n) is 1.01. The van der Waals surface area contributed by atoms with Crippen LogP contribution in [0.4, 0.5) is 5.69 Å². The molecule has 0 atom stereocenters. The van der Waals surface area contributed by atoms with Gasteiger partial charge in [0.05, 0.1) is 12.8 Å². The lowest BCUT2D eigenvalue weighted by atomic mass is 10.3. The Morgan fingerprint density at radius 2 is 2.13 bits per heavy atom. The summed E-state index contributed by atoms with van der Waals surface area (Å²) in [5.74, 6) is 0.0994. The Kier molecular flexibility index (Phi) is 3.21. The first-order chi connectivity index (χ1) is 6.99. The van der Waals surface area contributed by atoms with E-state index >= 15 is 0 Å². The third kappa shape index (κ3) is 2.63. The van der Waals surface area contributed by atoms with Gasteiger partial charge in [0.25, 0.3) is 0 Å². The van der Waals surface area contributed by atoms with Gasteiger partial charge in [-0.05, 0) is 18.2 Å². The number of rotatable bonds is 3. The summed E-state index contributed by atoms with van der Waals surface area (Å²) >= 11 is 0. The maximum Gasteiger partial charge on any atom is 0.241 e. The lowest BCUT2D eigenvalue weighted by Crippen LogP contribution is -2.13. The number of benzene rings is 1. The number of nitrogens with two attached hydrogens (primary N) is 1. The molecule has 0 fully saturated rings. The van der Waals surface area contributed by atoms with Gasteiger partial charge >= 0.3 is 0 Å². The number of nitrogens with zero attached hydrogens (tertiary/aromatic N) is 1. The molecule has 0 unspecified atom stereocenters. The lowest BCUT2D eigenvalue weighted by Gasteiger charge is -2.06. The van der Waals surface area contributed by atoms with Gasteiger partial charge in [0.15, 0.2) is 0 Å². The number of hydrogen-bond acceptors (Lipinski definition) is 5. The molecule has 0 aliphatic carbocycles. The van der Waals surface area contributed by atoms with Gasteiger partial charge in [-0.2, -0.15) is 4.99 Å². The van der Waals surface area contributed by atoms with E-state index in [0.717, 1.165) is 6.07 Å². The average molecular weight is 228 g/mol. The van der Waals surface area contributed by atoms with Crippen LogP contribution in [-0.2, 0) is 14.8 Å². The first-order valence-electron chi connectivity index (χ1n) is 3.77. The number of primary sulfonamides is 1. The van der Waals surface area contributed by atoms with Crippen molar-refractivity contribution in [3.05, 3.63) is 18.2 Å². The fraction of sp³-hybridized carbons (Fsp3) is 0.125. The van der Waals surface area contributed by atoms with E-state index in [9.17, 15) is 13.2 Å². The number of methoxy groups -OCH3 is 1. The minimum atomic E-state index is -3.90. The maximum atomic E-state index is 11.1. The normalized spacial score (nSPS) is 10.5. The summed E-state index contributed by atoms with van der Waals surface area (Å²) in [6.45, 7) is 0. The van der Waals surface area contributed by atoms with Gasteiger partial charge in [0.2, 0.25) is 16.1 Å². The Bertz CT molecular complexity index is 517. The van der Waals surface area contributed by atoms with Crippen LogP contribution in [0.15, 0.2) is 28.1 Å². The highest BCUT2D eigenvalue weighted by Crippen LogP contribution is 2.26. The Hall–Kier alpha value is -1.69. The van der Waals surface area contributed by atoms with Crippen LogP contribution in [0.3, 0.4) is 0 Å². The van der Waals surface area contributed by atoms with Crippen LogP contribution < -0.4 is 9.88 Å². The highest BCUT2D eigenvalue weighted by Gasteiger charge is 2.15. The topological polar surface area (TPSA) is 98.8 Å². The molecule has 7 heteroatoms. The number of aliphatic imine (C=N–C) groups is 1. The summed E-state index contributed by atoms with van der Waals surface area (Å²) < 4.78 is 27.1. The van der Waals surface area contributed by atoms with Gasteiger partial charge < -0.3 is 4.74 Å². The summed E-state index contributed by atoms with van der Waals surface area (Å²) in [6.07, 6.45) is 1.30. The summed E-state index contributed by atoms with van der Waals surface area (Å²) in [5, 5.41) is 4.95. The predicted octanol–water partition coefficient (Wildman–Crippen LogP) is 0.310. The zero-order valence-electron chi connectivity index (χ0n) is 7.80. The predicted molar refractivity (Wildman–Crippen MR) is 52.1 cm³/mol. The molecule has 1 rings (SSSR count). The van der Waals surface area contributed by atoms with Crippen LogP contribution in [0.25, 0.3) is 0 Å². The van der Waals surface area contributed by atoms with E-state index in [1.165, 1.54) is 25.3 Å². The monoisotopic (exact) mass is 228 g/mol. The molecule has 0 aromatic heterocycles. The quantitative estimate of drug-likeness (QED) is 0.594. The first kappa shape index (κ1) is 11.4. The Labute approximate surface area is 86.4 Å². The molecule has 0 heterocycles. The van der Waals surface area contributed by atoms with Crippen molar-refractivity contribution in [1.82, 2.24) is 0 Å². The molecule has 2 N–H and O–H groups in total. The number of hydrogen-bond donors (Lipinski definition) is 1. The number of ether oxygens (including phenoxy) is 1. The Morgan fingerprint density at radius 1 is 1.47 bits per heavy atom. The number of sulfonamides is 1. The molecule has 0 bridgehead atoms. The molecule has 0 amide bonds. The standard InChI is InChI=1S/C8H8N2O4S/c1-14-7-3-2-6(10-5-11)4-8(7)15(9,12)13/h2-4H,1H3,(H2,9,12,13). The molecular formula is C8H8N2O4S. The van der Waals surface area contributed by atoms with Crippen molar-refractivity contribution in [2.45, 2.75) is 4.90 Å². The Morgan fingerprint density at radius 3 is 2.60 bits per heavy atom. The summed E-state index contributed by atoms with van der Waals surface area (Å²) in [7, 11) is -2.59. The first-order valence-corrected chi connectivity index (χ1v) is 5.32. The van der Waals surface area contributed by atoms with Crippen LogP contribution in [0.5, 0.6) is 5.75 Å². The zero-order chi connectivity index (χ0) is 11.5. The van der Waals surface area contributed by atoms with Gasteiger partial charge in [-0.3, -0.25) is 0 Å². The van der Waals surface area contributed by atoms with E-state index in [0.29, 0.717) is 0 Å². The van der Waals surface area contributed by atoms with Crippen LogP contribution in [0.1, 0.15) is 0 Å². The van der Waals surface area contributed by atoms with Crippen molar-refractivity contribution < 1.29 is 17.9 Å². The minimum Gasteiger partial charge on any atom is -0.495 e. The summed E-state index contributed by atoms with van der Waals surface area (Å²) in [6, 6.07) is 3.91. The average Bonchev–Trinajstić information content (AvgIpc) is 2.17. The van der Waals surface area contributed by atoms with Crippen LogP contribution in [-0.4, -0.2) is 21.6 Å². The molecule has 0 aliphatic heterocycles. The van der Waals surface area contributed by atoms with Gasteiger partial charge in [-0.25, -0.2) is 18.4 Å². The molecule has 0 saturated heterocycles. The molecule has 0 radical (unpaired) electrons. The smallest absolute Gasteiger partial charge is 0.241 e. The van der Waals surface area contributed by atoms with E-state index < -0.39 is 10.0 Å². The van der Waals surface area contributed by atoms with E-state index in [1.54, 1.807) is 0 Å². The SMILES string of the molecule is COc1ccc(N=C=O)cc1S(N)(=O)=O. The van der Waals surface area contributed by atoms with E-state index in [-0.39, 0.29) is 16.3 Å². The second-order valence-corrected chi connectivity index (χ2v) is 4.11. The molecular weight excluding hydrogens is 220 g/mol. The van der Waals surface area contributed by atoms with Crippen molar-refractivity contribution in [2.75, 3.05) is 7.11 Å². The van der Waals surface area contributed by atoms with Gasteiger partial charge in [0, 0.05) is 0 Å². The van der Waals surface area contributed by atoms with E-state index in [2.05, 4.69) is 4.99 Å². The van der Waals surface area contributed by atoms with Gasteiger partial charge in [-0.1, -0.05) is 0 Å². The van der Waals surface area contributed by atoms with Crippen molar-refractivity contribution in [3.63, 3.8) is 0 Å². The highest BCUT2D eigenvalue weighted by atomic mass is 32.2. The van der Waals surface area contributed by atoms with Crippen LogP contribution >= 0.6 is 0 Å². The second kappa shape index (κ2) is 4.22. The van der Waals surface area contributed by atoms with Gasteiger partial charge in [-0.15, -0.1) is 0 Å². The zero-order valence-corrected chi connectivity index (χ0v) is 8.61. The fourth-order valence-corrected chi connectivity index (χ4v) is 1.73. The maximum absolute atomic E-state index is 11.1. The summed E-state index contributed by atoms with van der Waals surface area (Å²) in [5.41, 5.74) is 0.148. The van der Waals surface area contributed by atoms with Crippen molar-refractivity contribution in [1.29, 1.82) is 0 Å². The van der Waals surface area contributed by atoms with Crippen LogP contribution in [0, 0.1) is 0 Å². The largest absolute Gasteiger partial charge is 0.495 e. The van der Waals surface area contributed by atoms with E-state index in [4.69, 9.17) is 9.88 Å².